The van der Waals surface area contributed by atoms with Crippen molar-refractivity contribution < 1.29 is 28.5 Å². The molecule has 1 aromatic rings. The van der Waals surface area contributed by atoms with Crippen molar-refractivity contribution in [3.63, 3.8) is 0 Å². The third-order valence-electron chi connectivity index (χ3n) is 9.46. The first-order valence-corrected chi connectivity index (χ1v) is 13.0. The van der Waals surface area contributed by atoms with E-state index in [0.29, 0.717) is 18.3 Å². The van der Waals surface area contributed by atoms with Gasteiger partial charge in [-0.2, -0.15) is 0 Å². The molecule has 0 spiro atoms. The number of aliphatic hydroxyl groups excluding tert-OH is 2. The second-order valence-corrected chi connectivity index (χ2v) is 11.3. The van der Waals surface area contributed by atoms with Crippen molar-refractivity contribution in [1.82, 2.24) is 0 Å². The van der Waals surface area contributed by atoms with Crippen molar-refractivity contribution >= 4 is 0 Å². The van der Waals surface area contributed by atoms with Gasteiger partial charge < -0.3 is 15.3 Å². The van der Waals surface area contributed by atoms with Crippen LogP contribution in [0.3, 0.4) is 0 Å². The van der Waals surface area contributed by atoms with Gasteiger partial charge in [-0.15, -0.1) is 6.58 Å². The van der Waals surface area contributed by atoms with E-state index >= 15 is 0 Å². The van der Waals surface area contributed by atoms with E-state index in [0.717, 1.165) is 44.9 Å². The van der Waals surface area contributed by atoms with Crippen molar-refractivity contribution in [3.8, 4) is 5.75 Å². The first kappa shape index (κ1) is 26.3. The number of aliphatic hydroxyl groups is 2. The largest absolute Gasteiger partial charge is 0.508 e. The summed E-state index contributed by atoms with van der Waals surface area (Å²) in [5.41, 5.74) is 2.22. The maximum atomic E-state index is 13.2. The van der Waals surface area contributed by atoms with Gasteiger partial charge in [0.2, 0.25) is 0 Å². The lowest BCUT2D eigenvalue weighted by atomic mass is 9.44. The molecule has 3 N–H and O–H groups in total. The lowest BCUT2D eigenvalue weighted by Crippen LogP contribution is -2.54. The standard InChI is InChI=1S/C29H39F3O3/c1-3-29-15-14-18-16-20(33)10-11-21(18)25(29)19(17-28(2)23(29)12-13-24(28)35)8-6-4-5-7-9-22(34)26(30)27(31)32/h3-5,10-11,16,19,22-27,33-35H,1,6-9,12-15,17H2,2H3/t19-,22?,23+,24-,25+,26-,28-,29?/m0/s1. The van der Waals surface area contributed by atoms with Crippen molar-refractivity contribution in [2.24, 2.45) is 22.7 Å². The molecular weight excluding hydrogens is 453 g/mol. The van der Waals surface area contributed by atoms with E-state index in [1.807, 2.05) is 18.2 Å². The van der Waals surface area contributed by atoms with Gasteiger partial charge in [0, 0.05) is 0 Å². The molecule has 6 heteroatoms. The number of alkyl halides is 3. The molecule has 8 atom stereocenters. The monoisotopic (exact) mass is 492 g/mol. The lowest BCUT2D eigenvalue weighted by Gasteiger charge is -2.60. The first-order valence-electron chi connectivity index (χ1n) is 13.0. The van der Waals surface area contributed by atoms with E-state index in [1.54, 1.807) is 6.07 Å². The fraction of sp³-hybridized carbons (Fsp3) is 0.655. The van der Waals surface area contributed by atoms with Crippen molar-refractivity contribution in [2.45, 2.75) is 95.4 Å². The number of benzene rings is 1. The number of aromatic hydroxyl groups is 1. The molecule has 0 aromatic heterocycles. The van der Waals surface area contributed by atoms with Gasteiger partial charge in [-0.1, -0.05) is 31.2 Å². The molecule has 0 aliphatic heterocycles. The van der Waals surface area contributed by atoms with Crippen LogP contribution in [-0.4, -0.2) is 40.1 Å². The summed E-state index contributed by atoms with van der Waals surface area (Å²) in [6.45, 7) is 6.55. The smallest absolute Gasteiger partial charge is 0.271 e. The number of rotatable bonds is 9. The predicted molar refractivity (Wildman–Crippen MR) is 131 cm³/mol. The van der Waals surface area contributed by atoms with Gasteiger partial charge in [0.05, 0.1) is 12.2 Å². The summed E-state index contributed by atoms with van der Waals surface area (Å²) in [5.74, 6) is 1.23. The molecule has 35 heavy (non-hydrogen) atoms. The summed E-state index contributed by atoms with van der Waals surface area (Å²) in [6.07, 6.45) is 4.93. The Morgan fingerprint density at radius 2 is 1.91 bits per heavy atom. The van der Waals surface area contributed by atoms with Gasteiger partial charge in [0.15, 0.2) is 6.17 Å². The van der Waals surface area contributed by atoms with E-state index in [-0.39, 0.29) is 35.0 Å². The molecule has 0 saturated heterocycles. The maximum Gasteiger partial charge on any atom is 0.271 e. The number of aryl methyl sites for hydroxylation is 1. The molecule has 4 rings (SSSR count). The third kappa shape index (κ3) is 4.69. The van der Waals surface area contributed by atoms with E-state index < -0.39 is 18.7 Å². The highest BCUT2D eigenvalue weighted by Crippen LogP contribution is 2.69. The van der Waals surface area contributed by atoms with Crippen molar-refractivity contribution in [3.05, 3.63) is 54.1 Å². The minimum atomic E-state index is -3.16. The Morgan fingerprint density at radius 3 is 2.63 bits per heavy atom. The SMILES string of the molecule is C=CC12CCc3cc(O)ccc3[C@H]1[C@@H](CCC=CCCC(O)[C@H](F)C(F)F)C[C@]1(C)[C@@H](O)CC[C@@H]21. The second kappa shape index (κ2) is 10.3. The summed E-state index contributed by atoms with van der Waals surface area (Å²) in [7, 11) is 0. The molecule has 0 heterocycles. The zero-order chi connectivity index (χ0) is 25.4. The Kier molecular flexibility index (Phi) is 7.73. The summed E-state index contributed by atoms with van der Waals surface area (Å²) < 4.78 is 38.0. The van der Waals surface area contributed by atoms with Gasteiger partial charge in [-0.05, 0) is 110 Å². The predicted octanol–water partition coefficient (Wildman–Crippen LogP) is 6.47. The fourth-order valence-corrected chi connectivity index (χ4v) is 7.83. The van der Waals surface area contributed by atoms with Crippen LogP contribution in [0.5, 0.6) is 5.75 Å². The fourth-order valence-electron chi connectivity index (χ4n) is 7.83. The molecule has 2 saturated carbocycles. The van der Waals surface area contributed by atoms with Gasteiger partial charge >= 0.3 is 0 Å². The summed E-state index contributed by atoms with van der Waals surface area (Å²) >= 11 is 0. The number of fused-ring (bicyclic) bond motifs is 5. The number of hydrogen-bond acceptors (Lipinski definition) is 3. The lowest BCUT2D eigenvalue weighted by molar-refractivity contribution is -0.0806. The molecule has 2 fully saturated rings. The molecule has 0 radical (unpaired) electrons. The minimum Gasteiger partial charge on any atom is -0.508 e. The van der Waals surface area contributed by atoms with Crippen LogP contribution in [0.15, 0.2) is 43.0 Å². The number of phenolic OH excluding ortho intramolecular Hbond substituents is 1. The Balaban J connectivity index is 1.53. The molecule has 2 unspecified atom stereocenters. The van der Waals surface area contributed by atoms with Crippen LogP contribution in [0.2, 0.25) is 0 Å². The Bertz CT molecular complexity index is 934. The molecule has 0 amide bonds. The maximum absolute atomic E-state index is 13.2. The normalized spacial score (nSPS) is 36.0. The van der Waals surface area contributed by atoms with Crippen LogP contribution in [-0.2, 0) is 6.42 Å². The Hall–Kier alpha value is -1.79. The second-order valence-electron chi connectivity index (χ2n) is 11.3. The Labute approximate surface area is 206 Å². The molecule has 3 aliphatic carbocycles. The van der Waals surface area contributed by atoms with Crippen LogP contribution < -0.4 is 0 Å². The van der Waals surface area contributed by atoms with Gasteiger partial charge in [0.1, 0.15) is 5.75 Å². The average molecular weight is 493 g/mol. The molecular formula is C29H39F3O3. The molecule has 0 bridgehead atoms. The van der Waals surface area contributed by atoms with E-state index in [9.17, 15) is 28.5 Å². The highest BCUT2D eigenvalue weighted by atomic mass is 19.3. The van der Waals surface area contributed by atoms with Crippen molar-refractivity contribution in [1.29, 1.82) is 0 Å². The number of hydrogen-bond donors (Lipinski definition) is 3. The number of allylic oxidation sites excluding steroid dienone is 3. The molecule has 3 aliphatic rings. The third-order valence-corrected chi connectivity index (χ3v) is 9.46. The number of phenols is 1. The zero-order valence-corrected chi connectivity index (χ0v) is 20.6. The minimum absolute atomic E-state index is 0.0313. The van der Waals surface area contributed by atoms with Gasteiger partial charge in [0.25, 0.3) is 6.43 Å². The topological polar surface area (TPSA) is 60.7 Å². The number of halogens is 3. The van der Waals surface area contributed by atoms with Gasteiger partial charge in [-0.25, -0.2) is 13.2 Å². The summed E-state index contributed by atoms with van der Waals surface area (Å²) in [4.78, 5) is 0. The van der Waals surface area contributed by atoms with Crippen LogP contribution in [0.1, 0.15) is 75.3 Å². The van der Waals surface area contributed by atoms with E-state index in [4.69, 9.17) is 0 Å². The molecule has 1 aromatic carbocycles. The van der Waals surface area contributed by atoms with Crippen LogP contribution >= 0.6 is 0 Å². The quantitative estimate of drug-likeness (QED) is 0.346. The van der Waals surface area contributed by atoms with Crippen molar-refractivity contribution in [2.75, 3.05) is 0 Å². The highest BCUT2D eigenvalue weighted by Gasteiger charge is 2.63. The average Bonchev–Trinajstić information content (AvgIpc) is 3.14. The van der Waals surface area contributed by atoms with Crippen LogP contribution in [0, 0.1) is 22.7 Å². The Morgan fingerprint density at radius 1 is 1.17 bits per heavy atom. The van der Waals surface area contributed by atoms with Gasteiger partial charge in [-0.3, -0.25) is 0 Å². The van der Waals surface area contributed by atoms with Crippen LogP contribution in [0.4, 0.5) is 13.2 Å². The van der Waals surface area contributed by atoms with E-state index in [2.05, 4.69) is 25.6 Å². The summed E-state index contributed by atoms with van der Waals surface area (Å²) in [5, 5.41) is 30.6. The van der Waals surface area contributed by atoms with E-state index in [1.165, 1.54) is 11.1 Å². The summed E-state index contributed by atoms with van der Waals surface area (Å²) in [6, 6.07) is 5.73. The zero-order valence-electron chi connectivity index (χ0n) is 20.6. The van der Waals surface area contributed by atoms with Crippen LogP contribution in [0.25, 0.3) is 0 Å². The molecule has 194 valence electrons. The highest BCUT2D eigenvalue weighted by molar-refractivity contribution is 5.43. The first-order chi connectivity index (χ1) is 16.6. The molecule has 3 nitrogen and oxygen atoms in total.